The Labute approximate surface area is 124 Å². The molecule has 0 aliphatic heterocycles. The van der Waals surface area contributed by atoms with Gasteiger partial charge in [0.2, 0.25) is 0 Å². The Bertz CT molecular complexity index is 604. The molecule has 1 aromatic heterocycles. The first-order chi connectivity index (χ1) is 9.16. The number of amides is 1. The highest BCUT2D eigenvalue weighted by molar-refractivity contribution is 9.10. The van der Waals surface area contributed by atoms with Crippen molar-refractivity contribution in [1.82, 2.24) is 10.3 Å². The second kappa shape index (κ2) is 6.40. The van der Waals surface area contributed by atoms with Gasteiger partial charge in [-0.2, -0.15) is 0 Å². The zero-order valence-electron chi connectivity index (χ0n) is 9.76. The number of nitrogens with one attached hydrogen (secondary N) is 2. The summed E-state index contributed by atoms with van der Waals surface area (Å²) in [5.74, 6) is -0.247. The van der Waals surface area contributed by atoms with Gasteiger partial charge in [-0.25, -0.2) is 0 Å². The van der Waals surface area contributed by atoms with Crippen molar-refractivity contribution in [1.29, 1.82) is 0 Å². The topological polar surface area (TPSA) is 54.0 Å². The zero-order valence-corrected chi connectivity index (χ0v) is 12.2. The van der Waals surface area contributed by atoms with Crippen molar-refractivity contribution in [2.75, 3.05) is 5.32 Å². The van der Waals surface area contributed by atoms with E-state index in [4.69, 9.17) is 12.2 Å². The number of pyridine rings is 1. The Morgan fingerprint density at radius 2 is 1.95 bits per heavy atom. The van der Waals surface area contributed by atoms with E-state index in [1.807, 2.05) is 6.07 Å². The van der Waals surface area contributed by atoms with Crippen molar-refractivity contribution < 1.29 is 4.79 Å². The SMILES string of the molecule is O=C(NC(=S)Nc1ccncc1Br)c1ccccc1. The zero-order chi connectivity index (χ0) is 13.7. The van der Waals surface area contributed by atoms with Gasteiger partial charge in [0.1, 0.15) is 0 Å². The highest BCUT2D eigenvalue weighted by Gasteiger charge is 2.08. The Morgan fingerprint density at radius 1 is 1.21 bits per heavy atom. The third-order valence-electron chi connectivity index (χ3n) is 2.28. The molecule has 0 bridgehead atoms. The Kier molecular flexibility index (Phi) is 4.59. The second-order valence-corrected chi connectivity index (χ2v) is 4.89. The van der Waals surface area contributed by atoms with Crippen LogP contribution in [0.2, 0.25) is 0 Å². The molecule has 0 atom stereocenters. The molecule has 0 aliphatic rings. The van der Waals surface area contributed by atoms with Gasteiger partial charge in [-0.15, -0.1) is 0 Å². The summed E-state index contributed by atoms with van der Waals surface area (Å²) in [6.07, 6.45) is 3.28. The molecule has 0 radical (unpaired) electrons. The maximum Gasteiger partial charge on any atom is 0.257 e. The molecule has 1 heterocycles. The number of benzene rings is 1. The minimum atomic E-state index is -0.247. The number of hydrogen-bond acceptors (Lipinski definition) is 3. The van der Waals surface area contributed by atoms with E-state index in [0.29, 0.717) is 5.56 Å². The normalized spacial score (nSPS) is 9.74. The van der Waals surface area contributed by atoms with Crippen molar-refractivity contribution in [2.24, 2.45) is 0 Å². The predicted octanol–water partition coefficient (Wildman–Crippen LogP) is 2.97. The van der Waals surface area contributed by atoms with Crippen LogP contribution in [0.3, 0.4) is 0 Å². The third kappa shape index (κ3) is 3.84. The fourth-order valence-corrected chi connectivity index (χ4v) is 1.95. The van der Waals surface area contributed by atoms with E-state index in [9.17, 15) is 4.79 Å². The highest BCUT2D eigenvalue weighted by atomic mass is 79.9. The van der Waals surface area contributed by atoms with Crippen LogP contribution in [-0.4, -0.2) is 16.0 Å². The van der Waals surface area contributed by atoms with Crippen LogP contribution in [0.5, 0.6) is 0 Å². The summed E-state index contributed by atoms with van der Waals surface area (Å²) in [7, 11) is 0. The number of rotatable bonds is 2. The molecule has 0 unspecified atom stereocenters. The molecule has 6 heteroatoms. The standard InChI is InChI=1S/C13H10BrN3OS/c14-10-8-15-7-6-11(10)16-13(19)17-12(18)9-4-2-1-3-5-9/h1-8H,(H2,15,16,17,18,19). The average molecular weight is 336 g/mol. The van der Waals surface area contributed by atoms with Crippen LogP contribution in [0.4, 0.5) is 5.69 Å². The molecule has 19 heavy (non-hydrogen) atoms. The lowest BCUT2D eigenvalue weighted by Gasteiger charge is -2.10. The van der Waals surface area contributed by atoms with Crippen LogP contribution < -0.4 is 10.6 Å². The number of carbonyl (C=O) groups excluding carboxylic acids is 1. The van der Waals surface area contributed by atoms with Crippen LogP contribution in [0.25, 0.3) is 0 Å². The Hall–Kier alpha value is -1.79. The maximum absolute atomic E-state index is 11.9. The molecular weight excluding hydrogens is 326 g/mol. The highest BCUT2D eigenvalue weighted by Crippen LogP contribution is 2.19. The van der Waals surface area contributed by atoms with Gasteiger partial charge in [-0.1, -0.05) is 18.2 Å². The van der Waals surface area contributed by atoms with E-state index in [-0.39, 0.29) is 11.0 Å². The average Bonchev–Trinajstić information content (AvgIpc) is 2.42. The summed E-state index contributed by atoms with van der Waals surface area (Å²) < 4.78 is 0.770. The second-order valence-electron chi connectivity index (χ2n) is 3.63. The fraction of sp³-hybridized carbons (Fsp3) is 0. The summed E-state index contributed by atoms with van der Waals surface area (Å²) in [6, 6.07) is 10.6. The molecule has 0 saturated carbocycles. The minimum absolute atomic E-state index is 0.237. The lowest BCUT2D eigenvalue weighted by molar-refractivity contribution is 0.0978. The molecule has 0 saturated heterocycles. The van der Waals surface area contributed by atoms with Crippen LogP contribution in [-0.2, 0) is 0 Å². The van der Waals surface area contributed by atoms with E-state index in [1.165, 1.54) is 0 Å². The fourth-order valence-electron chi connectivity index (χ4n) is 1.39. The number of nitrogens with zero attached hydrogens (tertiary/aromatic N) is 1. The van der Waals surface area contributed by atoms with Crippen molar-refractivity contribution >= 4 is 44.9 Å². The third-order valence-corrected chi connectivity index (χ3v) is 3.12. The van der Waals surface area contributed by atoms with Crippen molar-refractivity contribution in [3.05, 3.63) is 58.8 Å². The van der Waals surface area contributed by atoms with Crippen LogP contribution in [0.1, 0.15) is 10.4 Å². The largest absolute Gasteiger partial charge is 0.331 e. The summed E-state index contributed by atoms with van der Waals surface area (Å²) in [6.45, 7) is 0. The van der Waals surface area contributed by atoms with E-state index in [2.05, 4.69) is 31.5 Å². The summed E-state index contributed by atoms with van der Waals surface area (Å²) in [4.78, 5) is 15.8. The summed E-state index contributed by atoms with van der Waals surface area (Å²) in [5, 5.41) is 5.77. The maximum atomic E-state index is 11.9. The quantitative estimate of drug-likeness (QED) is 0.828. The van der Waals surface area contributed by atoms with Crippen LogP contribution >= 0.6 is 28.1 Å². The molecule has 0 aliphatic carbocycles. The summed E-state index contributed by atoms with van der Waals surface area (Å²) >= 11 is 8.43. The van der Waals surface area contributed by atoms with Gasteiger partial charge in [-0.3, -0.25) is 15.1 Å². The molecule has 1 amide bonds. The molecule has 1 aromatic carbocycles. The van der Waals surface area contributed by atoms with Crippen molar-refractivity contribution in [3.63, 3.8) is 0 Å². The molecule has 0 spiro atoms. The number of carbonyl (C=O) groups is 1. The van der Waals surface area contributed by atoms with Gasteiger partial charge in [-0.05, 0) is 46.3 Å². The number of hydrogen-bond donors (Lipinski definition) is 2. The lowest BCUT2D eigenvalue weighted by Crippen LogP contribution is -2.34. The number of thiocarbonyl (C=S) groups is 1. The van der Waals surface area contributed by atoms with E-state index >= 15 is 0 Å². The monoisotopic (exact) mass is 335 g/mol. The van der Waals surface area contributed by atoms with Crippen LogP contribution in [0, 0.1) is 0 Å². The molecule has 4 nitrogen and oxygen atoms in total. The molecule has 2 aromatic rings. The van der Waals surface area contributed by atoms with Crippen LogP contribution in [0.15, 0.2) is 53.3 Å². The van der Waals surface area contributed by atoms with E-state index < -0.39 is 0 Å². The molecular formula is C13H10BrN3OS. The van der Waals surface area contributed by atoms with Gasteiger partial charge in [0.15, 0.2) is 5.11 Å². The summed E-state index contributed by atoms with van der Waals surface area (Å²) in [5.41, 5.74) is 1.30. The number of halogens is 1. The number of anilines is 1. The lowest BCUT2D eigenvalue weighted by atomic mass is 10.2. The first-order valence-corrected chi connectivity index (χ1v) is 6.64. The Balaban J connectivity index is 1.99. The minimum Gasteiger partial charge on any atom is -0.331 e. The van der Waals surface area contributed by atoms with Gasteiger partial charge < -0.3 is 5.32 Å². The predicted molar refractivity (Wildman–Crippen MR) is 82.1 cm³/mol. The molecule has 2 rings (SSSR count). The van der Waals surface area contributed by atoms with Crippen molar-refractivity contribution in [2.45, 2.75) is 0 Å². The Morgan fingerprint density at radius 3 is 2.63 bits per heavy atom. The van der Waals surface area contributed by atoms with E-state index in [0.717, 1.165) is 10.2 Å². The van der Waals surface area contributed by atoms with Crippen molar-refractivity contribution in [3.8, 4) is 0 Å². The van der Waals surface area contributed by atoms with Gasteiger partial charge in [0.25, 0.3) is 5.91 Å². The smallest absolute Gasteiger partial charge is 0.257 e. The van der Waals surface area contributed by atoms with E-state index in [1.54, 1.807) is 42.7 Å². The van der Waals surface area contributed by atoms with Gasteiger partial charge in [0.05, 0.1) is 10.2 Å². The van der Waals surface area contributed by atoms with Gasteiger partial charge in [0, 0.05) is 18.0 Å². The molecule has 0 fully saturated rings. The molecule has 2 N–H and O–H groups in total. The molecule has 96 valence electrons. The first kappa shape index (κ1) is 13.6. The number of aromatic nitrogens is 1. The van der Waals surface area contributed by atoms with Gasteiger partial charge >= 0.3 is 0 Å². The first-order valence-electron chi connectivity index (χ1n) is 5.43.